The second kappa shape index (κ2) is 13.3. The minimum Gasteiger partial charge on any atom is -0.318 e. The Labute approximate surface area is 184 Å². The van der Waals surface area contributed by atoms with Gasteiger partial charge in [-0.05, 0) is 26.0 Å². The van der Waals surface area contributed by atoms with Gasteiger partial charge in [-0.1, -0.05) is 38.5 Å². The molecule has 2 saturated heterocycles. The number of hydrogen-bond acceptors (Lipinski definition) is 6. The van der Waals surface area contributed by atoms with E-state index in [9.17, 15) is 19.2 Å². The smallest absolute Gasteiger partial charge is 0.262 e. The summed E-state index contributed by atoms with van der Waals surface area (Å²) in [6.07, 6.45) is 11.4. The Kier molecular flexibility index (Phi) is 11.2. The van der Waals surface area contributed by atoms with Crippen LogP contribution in [0, 0.1) is 12.3 Å². The maximum Gasteiger partial charge on any atom is 0.262 e. The van der Waals surface area contributed by atoms with Crippen LogP contribution in [0.3, 0.4) is 0 Å². The topological polar surface area (TPSA) is 98.8 Å². The first kappa shape index (κ1) is 26.0. The van der Waals surface area contributed by atoms with Crippen LogP contribution in [0.1, 0.15) is 33.1 Å². The van der Waals surface area contributed by atoms with E-state index in [1.165, 1.54) is 6.08 Å². The van der Waals surface area contributed by atoms with E-state index in [2.05, 4.69) is 28.0 Å². The third-order valence-corrected chi connectivity index (χ3v) is 4.78. The second-order valence-electron chi connectivity index (χ2n) is 6.81. The highest BCUT2D eigenvalue weighted by molar-refractivity contribution is 6.26. The number of carbonyl (C=O) groups excluding carboxylic acids is 4. The lowest BCUT2D eigenvalue weighted by Gasteiger charge is -2.27. The van der Waals surface area contributed by atoms with Gasteiger partial charge in [-0.15, -0.1) is 6.42 Å². The van der Waals surface area contributed by atoms with Gasteiger partial charge in [-0.2, -0.15) is 0 Å². The lowest BCUT2D eigenvalue weighted by molar-refractivity contribution is -0.149. The molecule has 0 saturated carbocycles. The molecule has 0 spiro atoms. The van der Waals surface area contributed by atoms with Crippen molar-refractivity contribution >= 4 is 23.6 Å². The van der Waals surface area contributed by atoms with Gasteiger partial charge in [0.25, 0.3) is 11.8 Å². The normalized spacial score (nSPS) is 20.4. The summed E-state index contributed by atoms with van der Waals surface area (Å²) in [5.41, 5.74) is 0.207. The molecule has 2 aliphatic rings. The molecule has 2 fully saturated rings. The van der Waals surface area contributed by atoms with E-state index in [0.717, 1.165) is 31.0 Å². The van der Waals surface area contributed by atoms with E-state index < -0.39 is 29.7 Å². The van der Waals surface area contributed by atoms with Crippen molar-refractivity contribution in [2.45, 2.75) is 39.2 Å². The lowest BCUT2D eigenvalue weighted by atomic mass is 10.0. The van der Waals surface area contributed by atoms with Gasteiger partial charge >= 0.3 is 0 Å². The molecule has 2 aliphatic heterocycles. The van der Waals surface area contributed by atoms with E-state index in [0.29, 0.717) is 6.54 Å². The first-order valence-corrected chi connectivity index (χ1v) is 10.5. The number of amides is 4. The monoisotopic (exact) mass is 428 g/mol. The Morgan fingerprint density at radius 3 is 2.58 bits per heavy atom. The first-order valence-electron chi connectivity index (χ1n) is 10.5. The van der Waals surface area contributed by atoms with Crippen LogP contribution in [0.25, 0.3) is 0 Å². The average Bonchev–Trinajstić information content (AvgIpc) is 2.96. The Hall–Kier alpha value is -3.02. The summed E-state index contributed by atoms with van der Waals surface area (Å²) in [4.78, 5) is 51.5. The predicted octanol–water partition coefficient (Wildman–Crippen LogP) is 0.770. The van der Waals surface area contributed by atoms with Crippen molar-refractivity contribution in [3.63, 3.8) is 0 Å². The SMILES string of the molecule is C#CCN(CC/C=C\C=C1/C(=C)C(=O)N(C2CCC(=O)NC2=O)C1=O)CCNC.CC. The van der Waals surface area contributed by atoms with Crippen molar-refractivity contribution < 1.29 is 19.2 Å². The van der Waals surface area contributed by atoms with Crippen LogP contribution in [-0.2, 0) is 19.2 Å². The van der Waals surface area contributed by atoms with Crippen molar-refractivity contribution in [3.05, 3.63) is 36.0 Å². The molecule has 0 aromatic heterocycles. The molecule has 0 aromatic carbocycles. The van der Waals surface area contributed by atoms with Crippen LogP contribution in [0.4, 0.5) is 0 Å². The minimum atomic E-state index is -0.983. The third kappa shape index (κ3) is 7.02. The number of likely N-dealkylation sites (tertiary alicyclic amines) is 1. The molecule has 8 heteroatoms. The van der Waals surface area contributed by atoms with Crippen molar-refractivity contribution in [2.24, 2.45) is 0 Å². The zero-order valence-electron chi connectivity index (χ0n) is 18.6. The van der Waals surface area contributed by atoms with Crippen LogP contribution in [-0.4, -0.2) is 72.7 Å². The van der Waals surface area contributed by atoms with Gasteiger partial charge in [0.15, 0.2) is 0 Å². The summed E-state index contributed by atoms with van der Waals surface area (Å²) in [7, 11) is 1.88. The summed E-state index contributed by atoms with van der Waals surface area (Å²) in [5, 5.41) is 5.24. The van der Waals surface area contributed by atoms with Crippen molar-refractivity contribution in [1.29, 1.82) is 0 Å². The molecule has 168 valence electrons. The summed E-state index contributed by atoms with van der Waals surface area (Å²) in [5.74, 6) is 0.420. The van der Waals surface area contributed by atoms with Crippen LogP contribution >= 0.6 is 0 Å². The van der Waals surface area contributed by atoms with Crippen LogP contribution in [0.2, 0.25) is 0 Å². The number of nitrogens with one attached hydrogen (secondary N) is 2. The molecule has 0 radical (unpaired) electrons. The summed E-state index contributed by atoms with van der Waals surface area (Å²) >= 11 is 0. The van der Waals surface area contributed by atoms with Gasteiger partial charge in [-0.25, -0.2) is 0 Å². The summed E-state index contributed by atoms with van der Waals surface area (Å²) in [6.45, 7) is 10.7. The van der Waals surface area contributed by atoms with Crippen LogP contribution < -0.4 is 10.6 Å². The zero-order valence-corrected chi connectivity index (χ0v) is 18.6. The van der Waals surface area contributed by atoms with Gasteiger partial charge in [0.1, 0.15) is 6.04 Å². The minimum absolute atomic E-state index is 0.0485. The van der Waals surface area contributed by atoms with E-state index in [-0.39, 0.29) is 24.0 Å². The Balaban J connectivity index is 0.00000233. The fourth-order valence-electron chi connectivity index (χ4n) is 3.18. The van der Waals surface area contributed by atoms with Crippen molar-refractivity contribution in [1.82, 2.24) is 20.4 Å². The number of carbonyl (C=O) groups is 4. The van der Waals surface area contributed by atoms with Crippen molar-refractivity contribution in [2.75, 3.05) is 33.2 Å². The molecule has 0 aliphatic carbocycles. The van der Waals surface area contributed by atoms with Gasteiger partial charge < -0.3 is 5.32 Å². The van der Waals surface area contributed by atoms with E-state index in [1.54, 1.807) is 6.08 Å². The fourth-order valence-corrected chi connectivity index (χ4v) is 3.18. The molecule has 31 heavy (non-hydrogen) atoms. The molecule has 1 atom stereocenters. The quantitative estimate of drug-likeness (QED) is 0.320. The van der Waals surface area contributed by atoms with E-state index >= 15 is 0 Å². The fraction of sp³-hybridized carbons (Fsp3) is 0.478. The predicted molar refractivity (Wildman–Crippen MR) is 120 cm³/mol. The largest absolute Gasteiger partial charge is 0.318 e. The highest BCUT2D eigenvalue weighted by Crippen LogP contribution is 2.28. The van der Waals surface area contributed by atoms with E-state index in [1.807, 2.05) is 27.0 Å². The first-order chi connectivity index (χ1) is 14.9. The third-order valence-electron chi connectivity index (χ3n) is 4.78. The molecular weight excluding hydrogens is 396 g/mol. The molecule has 0 aromatic rings. The molecule has 1 unspecified atom stereocenters. The number of allylic oxidation sites excluding steroid dienone is 2. The van der Waals surface area contributed by atoms with Gasteiger partial charge in [0, 0.05) is 31.6 Å². The highest BCUT2D eigenvalue weighted by Gasteiger charge is 2.45. The highest BCUT2D eigenvalue weighted by atomic mass is 16.2. The standard InChI is InChI=1S/C21H26N4O4.C2H6/c1-4-12-24(14-11-22-3)13-7-5-6-8-16-15(2)20(28)25(21(16)29)17-9-10-18(26)23-19(17)27;1-2/h1,5-6,8,17,22H,2,7,9-14H2,3H3,(H,23,26,27);1-2H3/b6-5-,16-8+;. The molecule has 8 nitrogen and oxygen atoms in total. The zero-order chi connectivity index (χ0) is 23.4. The summed E-state index contributed by atoms with van der Waals surface area (Å²) < 4.78 is 0. The Morgan fingerprint density at radius 1 is 1.26 bits per heavy atom. The molecule has 0 bridgehead atoms. The number of imide groups is 2. The van der Waals surface area contributed by atoms with E-state index in [4.69, 9.17) is 6.42 Å². The van der Waals surface area contributed by atoms with Crippen LogP contribution in [0.15, 0.2) is 36.0 Å². The van der Waals surface area contributed by atoms with Gasteiger partial charge in [-0.3, -0.25) is 34.3 Å². The second-order valence-corrected chi connectivity index (χ2v) is 6.81. The number of likely N-dealkylation sites (N-methyl/N-ethyl adjacent to an activating group) is 1. The molecule has 2 heterocycles. The Bertz CT molecular complexity index is 807. The number of terminal acetylenes is 1. The maximum absolute atomic E-state index is 12.7. The maximum atomic E-state index is 12.7. The molecule has 2 rings (SSSR count). The van der Waals surface area contributed by atoms with Crippen LogP contribution in [0.5, 0.6) is 0 Å². The van der Waals surface area contributed by atoms with Gasteiger partial charge in [0.05, 0.1) is 12.1 Å². The Morgan fingerprint density at radius 2 is 1.97 bits per heavy atom. The molecule has 2 N–H and O–H groups in total. The van der Waals surface area contributed by atoms with Gasteiger partial charge in [0.2, 0.25) is 11.8 Å². The number of hydrogen-bond donors (Lipinski definition) is 2. The average molecular weight is 429 g/mol. The number of piperidine rings is 1. The lowest BCUT2D eigenvalue weighted by Crippen LogP contribution is -2.54. The molecular formula is C23H32N4O4. The van der Waals surface area contributed by atoms with Crippen molar-refractivity contribution in [3.8, 4) is 12.3 Å². The number of nitrogens with zero attached hydrogens (tertiary/aromatic N) is 2. The summed E-state index contributed by atoms with van der Waals surface area (Å²) in [6, 6.07) is -0.983. The number of rotatable bonds is 9. The molecule has 4 amide bonds.